The summed E-state index contributed by atoms with van der Waals surface area (Å²) >= 11 is 0. The predicted octanol–water partition coefficient (Wildman–Crippen LogP) is 1.75. The second-order valence-corrected chi connectivity index (χ2v) is 5.23. The van der Waals surface area contributed by atoms with Crippen LogP contribution in [-0.4, -0.2) is 54.6 Å². The van der Waals surface area contributed by atoms with Crippen LogP contribution in [-0.2, 0) is 0 Å². The number of aryl methyl sites for hydroxylation is 1. The molecular weight excluding hydrogens is 238 g/mol. The standard InChI is InChI=1S/C14H25N5/c1-4-6-15-13-11-14(17-12(2)16-13)19-8-5-7-18(3)9-10-19/h11H,4-10H2,1-3H3,(H,15,16,17). The van der Waals surface area contributed by atoms with Crippen molar-refractivity contribution in [2.24, 2.45) is 0 Å². The maximum Gasteiger partial charge on any atom is 0.134 e. The first-order valence-electron chi connectivity index (χ1n) is 7.22. The highest BCUT2D eigenvalue weighted by atomic mass is 15.2. The topological polar surface area (TPSA) is 44.3 Å². The van der Waals surface area contributed by atoms with Gasteiger partial charge in [-0.3, -0.25) is 0 Å². The van der Waals surface area contributed by atoms with Crippen molar-refractivity contribution >= 4 is 11.6 Å². The molecular formula is C14H25N5. The van der Waals surface area contributed by atoms with Gasteiger partial charge in [0.25, 0.3) is 0 Å². The third kappa shape index (κ3) is 4.06. The van der Waals surface area contributed by atoms with Crippen LogP contribution in [0.15, 0.2) is 6.07 Å². The number of hydrogen-bond acceptors (Lipinski definition) is 5. The fourth-order valence-electron chi connectivity index (χ4n) is 2.33. The second kappa shape index (κ2) is 6.70. The molecule has 0 aromatic carbocycles. The van der Waals surface area contributed by atoms with E-state index in [0.717, 1.165) is 50.1 Å². The Morgan fingerprint density at radius 2 is 2.05 bits per heavy atom. The lowest BCUT2D eigenvalue weighted by atomic mass is 10.3. The predicted molar refractivity (Wildman–Crippen MR) is 79.9 cm³/mol. The third-order valence-corrected chi connectivity index (χ3v) is 3.42. The van der Waals surface area contributed by atoms with Crippen LogP contribution in [0.2, 0.25) is 0 Å². The summed E-state index contributed by atoms with van der Waals surface area (Å²) in [5.41, 5.74) is 0. The Bertz CT molecular complexity index is 407. The van der Waals surface area contributed by atoms with Crippen LogP contribution in [0.5, 0.6) is 0 Å². The van der Waals surface area contributed by atoms with Gasteiger partial charge in [-0.15, -0.1) is 0 Å². The molecule has 0 unspecified atom stereocenters. The van der Waals surface area contributed by atoms with Gasteiger partial charge in [0.05, 0.1) is 0 Å². The fourth-order valence-corrected chi connectivity index (χ4v) is 2.33. The van der Waals surface area contributed by atoms with Crippen molar-refractivity contribution in [2.75, 3.05) is 50.0 Å². The summed E-state index contributed by atoms with van der Waals surface area (Å²) in [6, 6.07) is 2.08. The highest BCUT2D eigenvalue weighted by Crippen LogP contribution is 2.17. The molecule has 1 aliphatic heterocycles. The number of likely N-dealkylation sites (N-methyl/N-ethyl adjacent to an activating group) is 1. The Labute approximate surface area is 116 Å². The average Bonchev–Trinajstić information content (AvgIpc) is 2.60. The van der Waals surface area contributed by atoms with E-state index < -0.39 is 0 Å². The minimum Gasteiger partial charge on any atom is -0.370 e. The first kappa shape index (κ1) is 14.1. The fraction of sp³-hybridized carbons (Fsp3) is 0.714. The molecule has 19 heavy (non-hydrogen) atoms. The van der Waals surface area contributed by atoms with E-state index in [2.05, 4.69) is 45.1 Å². The molecule has 2 heterocycles. The number of rotatable bonds is 4. The lowest BCUT2D eigenvalue weighted by Gasteiger charge is -2.22. The summed E-state index contributed by atoms with van der Waals surface area (Å²) in [6.07, 6.45) is 2.30. The van der Waals surface area contributed by atoms with Crippen LogP contribution in [0.4, 0.5) is 11.6 Å². The van der Waals surface area contributed by atoms with E-state index in [9.17, 15) is 0 Å². The van der Waals surface area contributed by atoms with Gasteiger partial charge in [-0.25, -0.2) is 9.97 Å². The van der Waals surface area contributed by atoms with Gasteiger partial charge in [-0.05, 0) is 33.4 Å². The monoisotopic (exact) mass is 263 g/mol. The molecule has 0 spiro atoms. The van der Waals surface area contributed by atoms with Gasteiger partial charge in [-0.1, -0.05) is 6.92 Å². The zero-order valence-electron chi connectivity index (χ0n) is 12.3. The molecule has 0 radical (unpaired) electrons. The van der Waals surface area contributed by atoms with Crippen molar-refractivity contribution < 1.29 is 0 Å². The van der Waals surface area contributed by atoms with E-state index in [0.29, 0.717) is 0 Å². The van der Waals surface area contributed by atoms with E-state index in [1.54, 1.807) is 0 Å². The molecule has 0 bridgehead atoms. The van der Waals surface area contributed by atoms with E-state index in [4.69, 9.17) is 0 Å². The largest absolute Gasteiger partial charge is 0.370 e. The highest BCUT2D eigenvalue weighted by molar-refractivity contribution is 5.49. The van der Waals surface area contributed by atoms with Crippen LogP contribution in [0.3, 0.4) is 0 Å². The molecule has 5 heteroatoms. The second-order valence-electron chi connectivity index (χ2n) is 5.23. The lowest BCUT2D eigenvalue weighted by molar-refractivity contribution is 0.360. The summed E-state index contributed by atoms with van der Waals surface area (Å²) in [5, 5.41) is 3.35. The van der Waals surface area contributed by atoms with Gasteiger partial charge in [0.15, 0.2) is 0 Å². The molecule has 106 valence electrons. The molecule has 5 nitrogen and oxygen atoms in total. The van der Waals surface area contributed by atoms with E-state index in [1.165, 1.54) is 13.0 Å². The number of aromatic nitrogens is 2. The Kier molecular flexibility index (Phi) is 4.96. The van der Waals surface area contributed by atoms with E-state index in [-0.39, 0.29) is 0 Å². The summed E-state index contributed by atoms with van der Waals surface area (Å²) in [5.74, 6) is 2.84. The average molecular weight is 263 g/mol. The van der Waals surface area contributed by atoms with Gasteiger partial charge in [0.1, 0.15) is 17.5 Å². The maximum absolute atomic E-state index is 4.59. The molecule has 2 rings (SSSR count). The van der Waals surface area contributed by atoms with Crippen LogP contribution in [0.25, 0.3) is 0 Å². The molecule has 1 aromatic heterocycles. The molecule has 0 atom stereocenters. The van der Waals surface area contributed by atoms with E-state index >= 15 is 0 Å². The molecule has 0 saturated carbocycles. The Morgan fingerprint density at radius 1 is 1.21 bits per heavy atom. The smallest absolute Gasteiger partial charge is 0.134 e. The van der Waals surface area contributed by atoms with Crippen molar-refractivity contribution in [1.82, 2.24) is 14.9 Å². The van der Waals surface area contributed by atoms with Gasteiger partial charge in [0, 0.05) is 32.2 Å². The minimum atomic E-state index is 0.841. The van der Waals surface area contributed by atoms with Crippen molar-refractivity contribution in [2.45, 2.75) is 26.7 Å². The lowest BCUT2D eigenvalue weighted by Crippen LogP contribution is -2.29. The van der Waals surface area contributed by atoms with Gasteiger partial charge in [0.2, 0.25) is 0 Å². The van der Waals surface area contributed by atoms with Crippen molar-refractivity contribution in [3.63, 3.8) is 0 Å². The van der Waals surface area contributed by atoms with Crippen molar-refractivity contribution in [1.29, 1.82) is 0 Å². The summed E-state index contributed by atoms with van der Waals surface area (Å²) < 4.78 is 0. The summed E-state index contributed by atoms with van der Waals surface area (Å²) in [4.78, 5) is 13.8. The number of nitrogens with zero attached hydrogens (tertiary/aromatic N) is 4. The van der Waals surface area contributed by atoms with E-state index in [1.807, 2.05) is 6.92 Å². The zero-order chi connectivity index (χ0) is 13.7. The number of hydrogen-bond donors (Lipinski definition) is 1. The molecule has 1 aromatic rings. The summed E-state index contributed by atoms with van der Waals surface area (Å²) in [7, 11) is 2.18. The SMILES string of the molecule is CCCNc1cc(N2CCCN(C)CC2)nc(C)n1. The maximum atomic E-state index is 4.59. The third-order valence-electron chi connectivity index (χ3n) is 3.42. The molecule has 1 fully saturated rings. The molecule has 0 amide bonds. The van der Waals surface area contributed by atoms with Crippen molar-refractivity contribution in [3.8, 4) is 0 Å². The molecule has 1 saturated heterocycles. The first-order valence-corrected chi connectivity index (χ1v) is 7.22. The number of nitrogens with one attached hydrogen (secondary N) is 1. The number of anilines is 2. The molecule has 1 aliphatic rings. The minimum absolute atomic E-state index is 0.841. The summed E-state index contributed by atoms with van der Waals surface area (Å²) in [6.45, 7) is 9.46. The molecule has 0 aliphatic carbocycles. The Hall–Kier alpha value is -1.36. The van der Waals surface area contributed by atoms with Crippen LogP contribution in [0, 0.1) is 6.92 Å². The van der Waals surface area contributed by atoms with Crippen LogP contribution in [0.1, 0.15) is 25.6 Å². The van der Waals surface area contributed by atoms with Gasteiger partial charge in [-0.2, -0.15) is 0 Å². The Balaban J connectivity index is 2.11. The van der Waals surface area contributed by atoms with Gasteiger partial charge >= 0.3 is 0 Å². The highest BCUT2D eigenvalue weighted by Gasteiger charge is 2.14. The first-order chi connectivity index (χ1) is 9.19. The van der Waals surface area contributed by atoms with Gasteiger partial charge < -0.3 is 15.1 Å². The Morgan fingerprint density at radius 3 is 2.84 bits per heavy atom. The van der Waals surface area contributed by atoms with Crippen LogP contribution >= 0.6 is 0 Å². The van der Waals surface area contributed by atoms with Crippen molar-refractivity contribution in [3.05, 3.63) is 11.9 Å². The van der Waals surface area contributed by atoms with Crippen LogP contribution < -0.4 is 10.2 Å². The zero-order valence-corrected chi connectivity index (χ0v) is 12.3. The normalized spacial score (nSPS) is 17.3. The quantitative estimate of drug-likeness (QED) is 0.896. The molecule has 1 N–H and O–H groups in total.